The molecule has 1 amide bonds. The summed E-state index contributed by atoms with van der Waals surface area (Å²) in [5.41, 5.74) is 1.33. The number of hydrogen-bond donors (Lipinski definition) is 1. The molecule has 0 aliphatic heterocycles. The first-order valence-corrected chi connectivity index (χ1v) is 11.2. The quantitative estimate of drug-likeness (QED) is 0.639. The van der Waals surface area contributed by atoms with Crippen LogP contribution in [0.2, 0.25) is 0 Å². The molecule has 158 valence electrons. The summed E-state index contributed by atoms with van der Waals surface area (Å²) in [6.07, 6.45) is 1.06. The molecule has 0 heterocycles. The zero-order chi connectivity index (χ0) is 21.4. The van der Waals surface area contributed by atoms with Crippen LogP contribution in [-0.4, -0.2) is 46.4 Å². The van der Waals surface area contributed by atoms with Crippen LogP contribution in [0.5, 0.6) is 11.5 Å². The molecule has 0 saturated carbocycles. The maximum absolute atomic E-state index is 12.5. The molecule has 7 nitrogen and oxygen atoms in total. The second-order valence-corrected chi connectivity index (χ2v) is 8.62. The Kier molecular flexibility index (Phi) is 7.90. The molecule has 2 rings (SSSR count). The SMILES string of the molecule is CCOc1ccccc1N(CC(=O)NC(C)COc1ccccc1C)S(C)(=O)=O. The van der Waals surface area contributed by atoms with Gasteiger partial charge in [0.15, 0.2) is 0 Å². The lowest BCUT2D eigenvalue weighted by Crippen LogP contribution is -2.45. The lowest BCUT2D eigenvalue weighted by Gasteiger charge is -2.25. The van der Waals surface area contributed by atoms with Crippen LogP contribution in [0, 0.1) is 6.92 Å². The van der Waals surface area contributed by atoms with Gasteiger partial charge in [-0.25, -0.2) is 8.42 Å². The first kappa shape index (κ1) is 22.5. The van der Waals surface area contributed by atoms with E-state index < -0.39 is 15.9 Å². The predicted octanol–water partition coefficient (Wildman–Crippen LogP) is 2.74. The molecule has 0 saturated heterocycles. The number of nitrogens with zero attached hydrogens (tertiary/aromatic N) is 1. The average Bonchev–Trinajstić information content (AvgIpc) is 2.65. The molecule has 0 bridgehead atoms. The lowest BCUT2D eigenvalue weighted by atomic mass is 10.2. The third kappa shape index (κ3) is 6.67. The van der Waals surface area contributed by atoms with Gasteiger partial charge in [0.2, 0.25) is 15.9 Å². The van der Waals surface area contributed by atoms with Crippen molar-refractivity contribution in [2.24, 2.45) is 0 Å². The zero-order valence-corrected chi connectivity index (χ0v) is 18.0. The molecule has 1 unspecified atom stereocenters. The Hall–Kier alpha value is -2.74. The Balaban J connectivity index is 2.04. The summed E-state index contributed by atoms with van der Waals surface area (Å²) < 4.78 is 36.9. The summed E-state index contributed by atoms with van der Waals surface area (Å²) >= 11 is 0. The van der Waals surface area contributed by atoms with Gasteiger partial charge in [-0.05, 0) is 44.5 Å². The highest BCUT2D eigenvalue weighted by molar-refractivity contribution is 7.92. The molecule has 0 radical (unpaired) electrons. The van der Waals surface area contributed by atoms with Crippen molar-refractivity contribution < 1.29 is 22.7 Å². The van der Waals surface area contributed by atoms with E-state index in [1.54, 1.807) is 31.2 Å². The molecule has 1 atom stereocenters. The Morgan fingerprint density at radius 1 is 1.07 bits per heavy atom. The molecule has 1 N–H and O–H groups in total. The largest absolute Gasteiger partial charge is 0.492 e. The van der Waals surface area contributed by atoms with Gasteiger partial charge in [-0.2, -0.15) is 0 Å². The van der Waals surface area contributed by atoms with Crippen molar-refractivity contribution in [2.45, 2.75) is 26.8 Å². The number of benzene rings is 2. The van der Waals surface area contributed by atoms with Gasteiger partial charge in [0.05, 0.1) is 24.6 Å². The summed E-state index contributed by atoms with van der Waals surface area (Å²) in [4.78, 5) is 12.5. The fourth-order valence-electron chi connectivity index (χ4n) is 2.75. The molecular weight excluding hydrogens is 392 g/mol. The van der Waals surface area contributed by atoms with E-state index in [0.29, 0.717) is 18.0 Å². The Morgan fingerprint density at radius 3 is 2.31 bits per heavy atom. The van der Waals surface area contributed by atoms with E-state index in [0.717, 1.165) is 21.9 Å². The summed E-state index contributed by atoms with van der Waals surface area (Å²) in [5, 5.41) is 2.78. The molecule has 8 heteroatoms. The van der Waals surface area contributed by atoms with E-state index in [4.69, 9.17) is 9.47 Å². The molecule has 29 heavy (non-hydrogen) atoms. The normalized spacial score (nSPS) is 12.1. The maximum atomic E-state index is 12.5. The van der Waals surface area contributed by atoms with Crippen molar-refractivity contribution in [2.75, 3.05) is 30.3 Å². The van der Waals surface area contributed by atoms with Crippen LogP contribution in [0.25, 0.3) is 0 Å². The van der Waals surface area contributed by atoms with Crippen LogP contribution < -0.4 is 19.1 Å². The van der Waals surface area contributed by atoms with E-state index >= 15 is 0 Å². The molecule has 0 fully saturated rings. The van der Waals surface area contributed by atoms with E-state index in [9.17, 15) is 13.2 Å². The Bertz CT molecular complexity index is 930. The molecule has 0 spiro atoms. The van der Waals surface area contributed by atoms with Gasteiger partial charge in [-0.15, -0.1) is 0 Å². The van der Waals surface area contributed by atoms with E-state index in [2.05, 4.69) is 5.32 Å². The maximum Gasteiger partial charge on any atom is 0.241 e. The minimum absolute atomic E-state index is 0.269. The summed E-state index contributed by atoms with van der Waals surface area (Å²) in [5.74, 6) is 0.726. The van der Waals surface area contributed by atoms with Crippen LogP contribution in [0.1, 0.15) is 19.4 Å². The highest BCUT2D eigenvalue weighted by Crippen LogP contribution is 2.29. The Morgan fingerprint density at radius 2 is 1.69 bits per heavy atom. The summed E-state index contributed by atoms with van der Waals surface area (Å²) in [6.45, 7) is 5.86. The number of para-hydroxylation sites is 3. The number of hydrogen-bond acceptors (Lipinski definition) is 5. The van der Waals surface area contributed by atoms with Crippen molar-refractivity contribution in [1.29, 1.82) is 0 Å². The van der Waals surface area contributed by atoms with Crippen LogP contribution in [-0.2, 0) is 14.8 Å². The van der Waals surface area contributed by atoms with Gasteiger partial charge in [-0.1, -0.05) is 30.3 Å². The van der Waals surface area contributed by atoms with Gasteiger partial charge in [-0.3, -0.25) is 9.10 Å². The molecule has 2 aromatic rings. The number of sulfonamides is 1. The van der Waals surface area contributed by atoms with Gasteiger partial charge in [0.25, 0.3) is 0 Å². The van der Waals surface area contributed by atoms with Crippen molar-refractivity contribution in [1.82, 2.24) is 5.32 Å². The lowest BCUT2D eigenvalue weighted by molar-refractivity contribution is -0.120. The number of anilines is 1. The number of nitrogens with one attached hydrogen (secondary N) is 1. The van der Waals surface area contributed by atoms with E-state index in [1.807, 2.05) is 38.1 Å². The highest BCUT2D eigenvalue weighted by atomic mass is 32.2. The predicted molar refractivity (Wildman–Crippen MR) is 114 cm³/mol. The molecular formula is C21H28N2O5S. The number of carbonyl (C=O) groups is 1. The zero-order valence-electron chi connectivity index (χ0n) is 17.2. The van der Waals surface area contributed by atoms with Crippen molar-refractivity contribution in [3.63, 3.8) is 0 Å². The fraction of sp³-hybridized carbons (Fsp3) is 0.381. The smallest absolute Gasteiger partial charge is 0.241 e. The number of ether oxygens (including phenoxy) is 2. The minimum Gasteiger partial charge on any atom is -0.492 e. The molecule has 2 aromatic carbocycles. The van der Waals surface area contributed by atoms with Crippen LogP contribution in [0.4, 0.5) is 5.69 Å². The van der Waals surface area contributed by atoms with Crippen molar-refractivity contribution in [3.8, 4) is 11.5 Å². The van der Waals surface area contributed by atoms with Gasteiger partial charge < -0.3 is 14.8 Å². The van der Waals surface area contributed by atoms with E-state index in [1.165, 1.54) is 0 Å². The molecule has 0 aromatic heterocycles. The van der Waals surface area contributed by atoms with Crippen molar-refractivity contribution in [3.05, 3.63) is 54.1 Å². The first-order valence-electron chi connectivity index (χ1n) is 9.39. The number of carbonyl (C=O) groups excluding carboxylic acids is 1. The monoisotopic (exact) mass is 420 g/mol. The van der Waals surface area contributed by atoms with Crippen LogP contribution in [0.3, 0.4) is 0 Å². The fourth-order valence-corrected chi connectivity index (χ4v) is 3.61. The Labute approximate surface area is 172 Å². The van der Waals surface area contributed by atoms with Gasteiger partial charge in [0, 0.05) is 0 Å². The number of amides is 1. The second kappa shape index (κ2) is 10.2. The first-order chi connectivity index (χ1) is 13.7. The van der Waals surface area contributed by atoms with Gasteiger partial charge >= 0.3 is 0 Å². The molecule has 0 aliphatic rings. The second-order valence-electron chi connectivity index (χ2n) is 6.72. The van der Waals surface area contributed by atoms with E-state index in [-0.39, 0.29) is 19.2 Å². The standard InChI is InChI=1S/C21H28N2O5S/c1-5-27-20-13-9-7-11-18(20)23(29(4,25)26)14-21(24)22-17(3)15-28-19-12-8-6-10-16(19)2/h6-13,17H,5,14-15H2,1-4H3,(H,22,24). The highest BCUT2D eigenvalue weighted by Gasteiger charge is 2.24. The molecule has 0 aliphatic carbocycles. The minimum atomic E-state index is -3.69. The topological polar surface area (TPSA) is 84.9 Å². The summed E-state index contributed by atoms with van der Waals surface area (Å²) in [7, 11) is -3.69. The third-order valence-electron chi connectivity index (χ3n) is 4.11. The van der Waals surface area contributed by atoms with Crippen molar-refractivity contribution >= 4 is 21.6 Å². The average molecular weight is 421 g/mol. The third-order valence-corrected chi connectivity index (χ3v) is 5.24. The van der Waals surface area contributed by atoms with Crippen LogP contribution >= 0.6 is 0 Å². The van der Waals surface area contributed by atoms with Crippen LogP contribution in [0.15, 0.2) is 48.5 Å². The number of rotatable bonds is 10. The van der Waals surface area contributed by atoms with Gasteiger partial charge in [0.1, 0.15) is 24.7 Å². The number of aryl methyl sites for hydroxylation is 1. The summed E-state index contributed by atoms with van der Waals surface area (Å²) in [6, 6.07) is 14.0.